The highest BCUT2D eigenvalue weighted by Crippen LogP contribution is 2.29. The number of hydrogen-bond acceptors (Lipinski definition) is 9. The number of nitrogens with one attached hydrogen (secondary N) is 2. The van der Waals surface area contributed by atoms with Gasteiger partial charge in [0, 0.05) is 25.2 Å². The summed E-state index contributed by atoms with van der Waals surface area (Å²) in [5.41, 5.74) is 1.85. The highest BCUT2D eigenvalue weighted by atomic mass is 32.2. The fraction of sp³-hybridized carbons (Fsp3) is 0.409. The summed E-state index contributed by atoms with van der Waals surface area (Å²) in [6.45, 7) is 4.19. The molecule has 0 spiro atoms. The molecule has 3 aromatic heterocycles. The molecule has 1 saturated carbocycles. The zero-order valence-electron chi connectivity index (χ0n) is 19.1. The Kier molecular flexibility index (Phi) is 7.80. The third-order valence-electron chi connectivity index (χ3n) is 5.13. The maximum atomic E-state index is 13.1. The SMILES string of the molecule is CCOc1cncc(-c2cnc(C(=O)NC(c3cc(NS(=O)C4CC4)ccn3)C(C)OC)s2)n1. The Labute approximate surface area is 204 Å². The van der Waals surface area contributed by atoms with Gasteiger partial charge in [-0.15, -0.1) is 11.3 Å². The summed E-state index contributed by atoms with van der Waals surface area (Å²) >= 11 is 1.20. The molecule has 0 bridgehead atoms. The fourth-order valence-corrected chi connectivity index (χ4v) is 4.98. The first kappa shape index (κ1) is 24.2. The smallest absolute Gasteiger partial charge is 0.280 e. The molecule has 3 atom stereocenters. The Morgan fingerprint density at radius 2 is 2.12 bits per heavy atom. The van der Waals surface area contributed by atoms with Crippen LogP contribution in [0, 0.1) is 0 Å². The molecule has 1 aliphatic carbocycles. The molecule has 0 aliphatic heterocycles. The van der Waals surface area contributed by atoms with Gasteiger partial charge in [0.25, 0.3) is 5.91 Å². The van der Waals surface area contributed by atoms with Crippen LogP contribution in [0.3, 0.4) is 0 Å². The number of carbonyl (C=O) groups excluding carboxylic acids is 1. The lowest BCUT2D eigenvalue weighted by Crippen LogP contribution is -2.36. The quantitative estimate of drug-likeness (QED) is 0.409. The monoisotopic (exact) mass is 502 g/mol. The zero-order valence-corrected chi connectivity index (χ0v) is 20.7. The molecule has 1 aliphatic rings. The number of ether oxygens (including phenoxy) is 2. The fourth-order valence-electron chi connectivity index (χ4n) is 3.12. The van der Waals surface area contributed by atoms with Crippen LogP contribution in [-0.4, -0.2) is 55.1 Å². The minimum atomic E-state index is -1.13. The largest absolute Gasteiger partial charge is 0.477 e. The molecule has 0 aromatic carbocycles. The van der Waals surface area contributed by atoms with Crippen LogP contribution in [0.1, 0.15) is 48.2 Å². The van der Waals surface area contributed by atoms with Crippen LogP contribution in [-0.2, 0) is 15.7 Å². The maximum absolute atomic E-state index is 13.1. The molecule has 3 heterocycles. The van der Waals surface area contributed by atoms with Gasteiger partial charge in [-0.05, 0) is 38.8 Å². The number of aromatic nitrogens is 4. The first-order valence-electron chi connectivity index (χ1n) is 10.9. The second-order valence-corrected chi connectivity index (χ2v) is 10.2. The number of carbonyl (C=O) groups is 1. The van der Waals surface area contributed by atoms with E-state index in [9.17, 15) is 9.00 Å². The van der Waals surface area contributed by atoms with Crippen molar-refractivity contribution >= 4 is 33.9 Å². The lowest BCUT2D eigenvalue weighted by Gasteiger charge is -2.23. The summed E-state index contributed by atoms with van der Waals surface area (Å²) in [6.07, 6.45) is 7.91. The summed E-state index contributed by atoms with van der Waals surface area (Å²) in [7, 11) is 0.440. The summed E-state index contributed by atoms with van der Waals surface area (Å²) in [4.78, 5) is 31.0. The van der Waals surface area contributed by atoms with E-state index in [2.05, 4.69) is 30.0 Å². The number of methoxy groups -OCH3 is 1. The molecule has 34 heavy (non-hydrogen) atoms. The highest BCUT2D eigenvalue weighted by molar-refractivity contribution is 7.87. The van der Waals surface area contributed by atoms with Gasteiger partial charge in [0.15, 0.2) is 5.01 Å². The predicted octanol–water partition coefficient (Wildman–Crippen LogP) is 3.14. The van der Waals surface area contributed by atoms with Gasteiger partial charge in [0.1, 0.15) is 16.7 Å². The molecule has 2 N–H and O–H groups in total. The van der Waals surface area contributed by atoms with Crippen LogP contribution in [0.2, 0.25) is 0 Å². The molecule has 1 fully saturated rings. The number of hydrogen-bond donors (Lipinski definition) is 2. The average molecular weight is 503 g/mol. The van der Waals surface area contributed by atoms with Gasteiger partial charge in [-0.2, -0.15) is 0 Å². The number of anilines is 1. The van der Waals surface area contributed by atoms with Crippen molar-refractivity contribution in [3.8, 4) is 16.5 Å². The first-order valence-corrected chi connectivity index (χ1v) is 12.9. The molecule has 1 amide bonds. The molecular formula is C22H26N6O4S2. The standard InChI is InChI=1S/C22H26N6O4S2/c1-4-32-19-12-23-10-17(26-19)18-11-25-22(33-18)21(29)27-20(13(2)31-3)16-9-14(7-8-24-16)28-34(30)15-5-6-15/h7-13,15,20H,4-6H2,1-3H3,(H,24,28)(H,27,29). The summed E-state index contributed by atoms with van der Waals surface area (Å²) in [5, 5.41) is 3.44. The van der Waals surface area contributed by atoms with Gasteiger partial charge in [-0.25, -0.2) is 14.2 Å². The number of pyridine rings is 1. The topological polar surface area (TPSA) is 128 Å². The van der Waals surface area contributed by atoms with E-state index in [1.165, 1.54) is 17.5 Å². The Hall–Kier alpha value is -2.96. The first-order chi connectivity index (χ1) is 16.5. The van der Waals surface area contributed by atoms with E-state index in [4.69, 9.17) is 9.47 Å². The van der Waals surface area contributed by atoms with Crippen molar-refractivity contribution in [2.45, 2.75) is 44.1 Å². The summed E-state index contributed by atoms with van der Waals surface area (Å²) in [5.74, 6) is 0.0522. The second-order valence-electron chi connectivity index (χ2n) is 7.67. The number of nitrogens with zero attached hydrogens (tertiary/aromatic N) is 4. The van der Waals surface area contributed by atoms with Crippen molar-refractivity contribution in [2.75, 3.05) is 18.4 Å². The highest BCUT2D eigenvalue weighted by Gasteiger charge is 2.29. The average Bonchev–Trinajstić information content (AvgIpc) is 3.59. The normalized spacial score (nSPS) is 15.9. The van der Waals surface area contributed by atoms with Crippen molar-refractivity contribution in [1.82, 2.24) is 25.3 Å². The number of thiazole rings is 1. The maximum Gasteiger partial charge on any atom is 0.280 e. The molecule has 4 rings (SSSR count). The van der Waals surface area contributed by atoms with Crippen molar-refractivity contribution in [1.29, 1.82) is 0 Å². The van der Waals surface area contributed by atoms with Gasteiger partial charge < -0.3 is 19.5 Å². The van der Waals surface area contributed by atoms with E-state index in [0.29, 0.717) is 34.4 Å². The van der Waals surface area contributed by atoms with Crippen LogP contribution in [0.4, 0.5) is 5.69 Å². The third kappa shape index (κ3) is 5.93. The molecule has 3 aromatic rings. The molecule has 0 radical (unpaired) electrons. The van der Waals surface area contributed by atoms with Gasteiger partial charge in [-0.3, -0.25) is 14.8 Å². The van der Waals surface area contributed by atoms with Crippen molar-refractivity contribution in [2.24, 2.45) is 0 Å². The Bertz CT molecular complexity index is 1170. The molecule has 12 heteroatoms. The lowest BCUT2D eigenvalue weighted by molar-refractivity contribution is 0.0687. The lowest BCUT2D eigenvalue weighted by atomic mass is 10.1. The minimum absolute atomic E-state index is 0.197. The van der Waals surface area contributed by atoms with Gasteiger partial charge in [0.2, 0.25) is 5.88 Å². The van der Waals surface area contributed by atoms with Crippen molar-refractivity contribution in [3.63, 3.8) is 0 Å². The van der Waals surface area contributed by atoms with Crippen LogP contribution >= 0.6 is 11.3 Å². The van der Waals surface area contributed by atoms with Gasteiger partial charge >= 0.3 is 0 Å². The zero-order chi connectivity index (χ0) is 24.1. The van der Waals surface area contributed by atoms with Crippen LogP contribution in [0.15, 0.2) is 36.9 Å². The van der Waals surface area contributed by atoms with Crippen LogP contribution in [0.25, 0.3) is 10.6 Å². The molecule has 0 saturated heterocycles. The predicted molar refractivity (Wildman–Crippen MR) is 130 cm³/mol. The number of rotatable bonds is 11. The minimum Gasteiger partial charge on any atom is -0.477 e. The van der Waals surface area contributed by atoms with E-state index in [-0.39, 0.29) is 22.3 Å². The molecular weight excluding hydrogens is 476 g/mol. The van der Waals surface area contributed by atoms with Gasteiger partial charge in [0.05, 0.1) is 47.0 Å². The van der Waals surface area contributed by atoms with Crippen molar-refractivity contribution in [3.05, 3.63) is 47.6 Å². The summed E-state index contributed by atoms with van der Waals surface area (Å²) < 4.78 is 26.2. The van der Waals surface area contributed by atoms with E-state index >= 15 is 0 Å². The van der Waals surface area contributed by atoms with Crippen LogP contribution < -0.4 is 14.8 Å². The van der Waals surface area contributed by atoms with Crippen LogP contribution in [0.5, 0.6) is 5.88 Å². The summed E-state index contributed by atoms with van der Waals surface area (Å²) in [6, 6.07) is 3.00. The second kappa shape index (κ2) is 11.0. The molecule has 180 valence electrons. The van der Waals surface area contributed by atoms with E-state index < -0.39 is 17.0 Å². The van der Waals surface area contributed by atoms with E-state index in [1.807, 2.05) is 13.8 Å². The van der Waals surface area contributed by atoms with Gasteiger partial charge in [-0.1, -0.05) is 0 Å². The van der Waals surface area contributed by atoms with E-state index in [0.717, 1.165) is 12.8 Å². The number of amides is 1. The molecule has 3 unspecified atom stereocenters. The van der Waals surface area contributed by atoms with Crippen molar-refractivity contribution < 1.29 is 18.5 Å². The Morgan fingerprint density at radius 3 is 2.85 bits per heavy atom. The molecule has 10 nitrogen and oxygen atoms in total. The Balaban J connectivity index is 1.50. The van der Waals surface area contributed by atoms with E-state index in [1.54, 1.807) is 37.8 Å². The third-order valence-corrected chi connectivity index (χ3v) is 7.66. The Morgan fingerprint density at radius 1 is 1.29 bits per heavy atom.